The molecule has 2 unspecified atom stereocenters. The van der Waals surface area contributed by atoms with Crippen molar-refractivity contribution in [1.82, 2.24) is 0 Å². The summed E-state index contributed by atoms with van der Waals surface area (Å²) in [6, 6.07) is 8.90. The lowest BCUT2D eigenvalue weighted by molar-refractivity contribution is 0.118. The lowest BCUT2D eigenvalue weighted by Crippen LogP contribution is -2.29. The van der Waals surface area contributed by atoms with Gasteiger partial charge in [0, 0.05) is 0 Å². The van der Waals surface area contributed by atoms with Gasteiger partial charge < -0.3 is 4.74 Å². The molecule has 2 saturated carbocycles. The van der Waals surface area contributed by atoms with Crippen molar-refractivity contribution in [3.63, 3.8) is 0 Å². The van der Waals surface area contributed by atoms with Crippen LogP contribution in [0.3, 0.4) is 0 Å². The first-order valence-electron chi connectivity index (χ1n) is 13.3. The molecule has 3 rings (SSSR count). The number of benzene rings is 1. The van der Waals surface area contributed by atoms with Crippen LogP contribution in [0.4, 0.5) is 0 Å². The molecule has 0 heterocycles. The molecule has 170 valence electrons. The van der Waals surface area contributed by atoms with E-state index < -0.39 is 0 Å². The summed E-state index contributed by atoms with van der Waals surface area (Å²) in [6.45, 7) is 10.2. The summed E-state index contributed by atoms with van der Waals surface area (Å²) in [5, 5.41) is 0. The number of ether oxygens (including phenoxy) is 1. The Morgan fingerprint density at radius 3 is 1.90 bits per heavy atom. The van der Waals surface area contributed by atoms with Gasteiger partial charge in [-0.3, -0.25) is 0 Å². The second-order valence-corrected chi connectivity index (χ2v) is 10.6. The van der Waals surface area contributed by atoms with Crippen LogP contribution in [0.2, 0.25) is 0 Å². The van der Waals surface area contributed by atoms with E-state index >= 15 is 0 Å². The van der Waals surface area contributed by atoms with Crippen LogP contribution >= 0.6 is 0 Å². The fourth-order valence-corrected chi connectivity index (χ4v) is 6.55. The largest absolute Gasteiger partial charge is 0.494 e. The van der Waals surface area contributed by atoms with Crippen molar-refractivity contribution in [1.29, 1.82) is 0 Å². The standard InChI is InChI=1S/C29H48O/c1-5-7-8-9-24-10-12-25(13-11-24)22(3)26-14-16-27(17-15-26)23(4)28-18-20-29(21-19-28)30-6-2/h18-27H,5-17H2,1-4H3. The molecule has 2 aliphatic carbocycles. The zero-order chi connectivity index (χ0) is 21.3. The van der Waals surface area contributed by atoms with Gasteiger partial charge in [0.2, 0.25) is 0 Å². The third-order valence-electron chi connectivity index (χ3n) is 8.83. The van der Waals surface area contributed by atoms with Crippen LogP contribution in [0.5, 0.6) is 5.75 Å². The lowest BCUT2D eigenvalue weighted by Gasteiger charge is -2.40. The number of rotatable bonds is 10. The van der Waals surface area contributed by atoms with Crippen molar-refractivity contribution in [3.05, 3.63) is 29.8 Å². The molecular weight excluding hydrogens is 364 g/mol. The van der Waals surface area contributed by atoms with Crippen LogP contribution in [0, 0.1) is 29.6 Å². The number of hydrogen-bond acceptors (Lipinski definition) is 1. The normalized spacial score (nSPS) is 29.3. The van der Waals surface area contributed by atoms with E-state index in [1.54, 1.807) is 0 Å². The first-order chi connectivity index (χ1) is 14.6. The van der Waals surface area contributed by atoms with E-state index in [2.05, 4.69) is 52.0 Å². The Kier molecular flexibility index (Phi) is 9.60. The number of hydrogen-bond donors (Lipinski definition) is 0. The highest BCUT2D eigenvalue weighted by molar-refractivity contribution is 5.29. The zero-order valence-electron chi connectivity index (χ0n) is 20.4. The second kappa shape index (κ2) is 12.2. The molecule has 0 radical (unpaired) electrons. The minimum Gasteiger partial charge on any atom is -0.494 e. The van der Waals surface area contributed by atoms with E-state index in [1.807, 2.05) is 0 Å². The molecule has 0 aromatic heterocycles. The predicted molar refractivity (Wildman–Crippen MR) is 130 cm³/mol. The van der Waals surface area contributed by atoms with Crippen molar-refractivity contribution in [2.75, 3.05) is 6.61 Å². The first-order valence-corrected chi connectivity index (χ1v) is 13.3. The maximum absolute atomic E-state index is 5.62. The molecule has 30 heavy (non-hydrogen) atoms. The summed E-state index contributed by atoms with van der Waals surface area (Å²) in [6.07, 6.45) is 17.6. The molecule has 0 bridgehead atoms. The van der Waals surface area contributed by atoms with Crippen LogP contribution < -0.4 is 4.74 Å². The quantitative estimate of drug-likeness (QED) is 0.348. The molecule has 0 N–H and O–H groups in total. The van der Waals surface area contributed by atoms with Gasteiger partial charge in [0.05, 0.1) is 6.61 Å². The topological polar surface area (TPSA) is 9.23 Å². The Hall–Kier alpha value is -0.980. The summed E-state index contributed by atoms with van der Waals surface area (Å²) < 4.78 is 5.62. The Labute approximate surface area is 187 Å². The van der Waals surface area contributed by atoms with Crippen LogP contribution in [-0.2, 0) is 0 Å². The Morgan fingerprint density at radius 1 is 0.767 bits per heavy atom. The van der Waals surface area contributed by atoms with E-state index in [9.17, 15) is 0 Å². The smallest absolute Gasteiger partial charge is 0.119 e. The molecule has 1 nitrogen and oxygen atoms in total. The van der Waals surface area contributed by atoms with Gasteiger partial charge in [-0.15, -0.1) is 0 Å². The van der Waals surface area contributed by atoms with Gasteiger partial charge in [0.25, 0.3) is 0 Å². The molecule has 2 aliphatic rings. The Balaban J connectivity index is 1.41. The first kappa shape index (κ1) is 23.7. The summed E-state index contributed by atoms with van der Waals surface area (Å²) in [7, 11) is 0. The maximum atomic E-state index is 5.62. The molecule has 1 aromatic rings. The highest BCUT2D eigenvalue weighted by Crippen LogP contribution is 2.45. The van der Waals surface area contributed by atoms with E-state index in [-0.39, 0.29) is 0 Å². The maximum Gasteiger partial charge on any atom is 0.119 e. The van der Waals surface area contributed by atoms with Gasteiger partial charge in [-0.2, -0.15) is 0 Å². The van der Waals surface area contributed by atoms with Gasteiger partial charge in [0.1, 0.15) is 5.75 Å². The van der Waals surface area contributed by atoms with E-state index in [0.717, 1.165) is 41.9 Å². The van der Waals surface area contributed by atoms with E-state index in [0.29, 0.717) is 5.92 Å². The number of unbranched alkanes of at least 4 members (excludes halogenated alkanes) is 2. The zero-order valence-corrected chi connectivity index (χ0v) is 20.4. The van der Waals surface area contributed by atoms with Crippen LogP contribution in [0.25, 0.3) is 0 Å². The van der Waals surface area contributed by atoms with Crippen molar-refractivity contribution >= 4 is 0 Å². The predicted octanol–water partition coefficient (Wildman–Crippen LogP) is 9.02. The van der Waals surface area contributed by atoms with E-state index in [4.69, 9.17) is 4.74 Å². The minimum absolute atomic E-state index is 0.676. The highest BCUT2D eigenvalue weighted by atomic mass is 16.5. The molecular formula is C29H48O. The summed E-state index contributed by atoms with van der Waals surface area (Å²) >= 11 is 0. The van der Waals surface area contributed by atoms with Gasteiger partial charge in [-0.25, -0.2) is 0 Å². The monoisotopic (exact) mass is 412 g/mol. The summed E-state index contributed by atoms with van der Waals surface area (Å²) in [5.41, 5.74) is 1.50. The lowest BCUT2D eigenvalue weighted by atomic mass is 9.65. The van der Waals surface area contributed by atoms with Gasteiger partial charge >= 0.3 is 0 Å². The Bertz CT molecular complexity index is 575. The van der Waals surface area contributed by atoms with Crippen LogP contribution in [0.1, 0.15) is 116 Å². The molecule has 1 aromatic carbocycles. The van der Waals surface area contributed by atoms with Crippen molar-refractivity contribution in [2.45, 2.75) is 111 Å². The molecule has 0 aliphatic heterocycles. The van der Waals surface area contributed by atoms with E-state index in [1.165, 1.54) is 82.6 Å². The van der Waals surface area contributed by atoms with Crippen molar-refractivity contribution in [2.24, 2.45) is 29.6 Å². The second-order valence-electron chi connectivity index (χ2n) is 10.6. The fraction of sp³-hybridized carbons (Fsp3) is 0.793. The molecule has 0 spiro atoms. The average Bonchev–Trinajstić information content (AvgIpc) is 2.80. The van der Waals surface area contributed by atoms with Crippen molar-refractivity contribution < 1.29 is 4.74 Å². The fourth-order valence-electron chi connectivity index (χ4n) is 6.55. The molecule has 2 atom stereocenters. The third-order valence-corrected chi connectivity index (χ3v) is 8.83. The Morgan fingerprint density at radius 2 is 1.33 bits per heavy atom. The minimum atomic E-state index is 0.676. The van der Waals surface area contributed by atoms with Crippen LogP contribution in [-0.4, -0.2) is 6.61 Å². The third kappa shape index (κ3) is 6.51. The molecule has 0 saturated heterocycles. The van der Waals surface area contributed by atoms with Gasteiger partial charge in [-0.05, 0) is 98.7 Å². The van der Waals surface area contributed by atoms with Gasteiger partial charge in [0.15, 0.2) is 0 Å². The summed E-state index contributed by atoms with van der Waals surface area (Å²) in [4.78, 5) is 0. The molecule has 0 amide bonds. The highest BCUT2D eigenvalue weighted by Gasteiger charge is 2.33. The average molecular weight is 413 g/mol. The molecule has 1 heteroatoms. The van der Waals surface area contributed by atoms with Gasteiger partial charge in [-0.1, -0.05) is 71.4 Å². The molecule has 2 fully saturated rings. The SMILES string of the molecule is CCCCCC1CCC(C(C)C2CCC(C(C)c3ccc(OCC)cc3)CC2)CC1. The van der Waals surface area contributed by atoms with Crippen LogP contribution in [0.15, 0.2) is 24.3 Å². The summed E-state index contributed by atoms with van der Waals surface area (Å²) in [5.74, 6) is 6.53. The van der Waals surface area contributed by atoms with Crippen molar-refractivity contribution in [3.8, 4) is 5.75 Å².